The second kappa shape index (κ2) is 4.45. The van der Waals surface area contributed by atoms with Gasteiger partial charge in [-0.2, -0.15) is 0 Å². The summed E-state index contributed by atoms with van der Waals surface area (Å²) >= 11 is 1.92. The molecule has 0 radical (unpaired) electrons. The van der Waals surface area contributed by atoms with E-state index in [0.717, 1.165) is 17.9 Å². The third-order valence-corrected chi connectivity index (χ3v) is 4.52. The fourth-order valence-electron chi connectivity index (χ4n) is 2.48. The van der Waals surface area contributed by atoms with Crippen molar-refractivity contribution in [1.29, 1.82) is 0 Å². The van der Waals surface area contributed by atoms with Gasteiger partial charge in [0, 0.05) is 10.9 Å². The molecule has 14 heavy (non-hydrogen) atoms. The topological polar surface area (TPSA) is 12.0 Å². The molecule has 1 fully saturated rings. The minimum Gasteiger partial charge on any atom is -0.317 e. The van der Waals surface area contributed by atoms with Crippen LogP contribution in [0, 0.1) is 5.92 Å². The van der Waals surface area contributed by atoms with Gasteiger partial charge in [0.25, 0.3) is 0 Å². The van der Waals surface area contributed by atoms with Gasteiger partial charge in [0.1, 0.15) is 0 Å². The predicted octanol–water partition coefficient (Wildman–Crippen LogP) is 3.24. The first-order valence-corrected chi connectivity index (χ1v) is 6.40. The average Bonchev–Trinajstić information content (AvgIpc) is 2.71. The molecule has 1 nitrogen and oxygen atoms in total. The molecule has 1 heterocycles. The molecule has 78 valence electrons. The van der Waals surface area contributed by atoms with Crippen molar-refractivity contribution in [3.63, 3.8) is 0 Å². The predicted molar refractivity (Wildman–Crippen MR) is 62.9 cm³/mol. The van der Waals surface area contributed by atoms with Crippen LogP contribution in [0.25, 0.3) is 0 Å². The summed E-state index contributed by atoms with van der Waals surface area (Å²) in [6.45, 7) is 2.40. The van der Waals surface area contributed by atoms with Crippen molar-refractivity contribution in [2.75, 3.05) is 7.05 Å². The number of hydrogen-bond acceptors (Lipinski definition) is 2. The van der Waals surface area contributed by atoms with Crippen molar-refractivity contribution < 1.29 is 0 Å². The van der Waals surface area contributed by atoms with E-state index >= 15 is 0 Å². The normalized spacial score (nSPS) is 33.1. The average molecular weight is 209 g/mol. The fourth-order valence-corrected chi connectivity index (χ4v) is 3.46. The van der Waals surface area contributed by atoms with E-state index in [4.69, 9.17) is 0 Å². The van der Waals surface area contributed by atoms with Gasteiger partial charge in [0.05, 0.1) is 0 Å². The minimum atomic E-state index is 0.735. The molecule has 0 saturated heterocycles. The maximum atomic E-state index is 3.42. The summed E-state index contributed by atoms with van der Waals surface area (Å²) in [6.07, 6.45) is 4.03. The Labute approximate surface area is 90.5 Å². The third kappa shape index (κ3) is 2.01. The molecule has 0 amide bonds. The molecule has 1 aromatic heterocycles. The zero-order chi connectivity index (χ0) is 9.97. The first-order chi connectivity index (χ1) is 6.81. The van der Waals surface area contributed by atoms with E-state index in [2.05, 4.69) is 36.8 Å². The van der Waals surface area contributed by atoms with Crippen LogP contribution in [-0.4, -0.2) is 13.1 Å². The summed E-state index contributed by atoms with van der Waals surface area (Å²) in [4.78, 5) is 1.58. The number of nitrogens with one attached hydrogen (secondary N) is 1. The molecule has 0 aliphatic heterocycles. The maximum absolute atomic E-state index is 3.42. The van der Waals surface area contributed by atoms with E-state index in [-0.39, 0.29) is 0 Å². The molecule has 0 aromatic carbocycles. The lowest BCUT2D eigenvalue weighted by Gasteiger charge is -2.33. The lowest BCUT2D eigenvalue weighted by Crippen LogP contribution is -2.33. The van der Waals surface area contributed by atoms with Gasteiger partial charge in [-0.25, -0.2) is 0 Å². The lowest BCUT2D eigenvalue weighted by atomic mass is 9.77. The number of hydrogen-bond donors (Lipinski definition) is 1. The zero-order valence-corrected chi connectivity index (χ0v) is 9.81. The van der Waals surface area contributed by atoms with E-state index in [1.54, 1.807) is 4.88 Å². The van der Waals surface area contributed by atoms with E-state index in [9.17, 15) is 0 Å². The monoisotopic (exact) mass is 209 g/mol. The molecule has 3 unspecified atom stereocenters. The molecule has 0 spiro atoms. The molecular weight excluding hydrogens is 190 g/mol. The Bertz CT molecular complexity index is 268. The Morgan fingerprint density at radius 2 is 2.29 bits per heavy atom. The van der Waals surface area contributed by atoms with E-state index in [1.807, 2.05) is 11.3 Å². The molecule has 1 N–H and O–H groups in total. The van der Waals surface area contributed by atoms with Crippen molar-refractivity contribution in [1.82, 2.24) is 5.32 Å². The molecule has 0 bridgehead atoms. The van der Waals surface area contributed by atoms with Crippen molar-refractivity contribution in [2.24, 2.45) is 5.92 Å². The molecule has 2 rings (SSSR count). The highest BCUT2D eigenvalue weighted by atomic mass is 32.1. The highest BCUT2D eigenvalue weighted by Crippen LogP contribution is 2.39. The molecule has 2 heteroatoms. The smallest absolute Gasteiger partial charge is 0.00794 e. The molecule has 1 aromatic rings. The van der Waals surface area contributed by atoms with Crippen LogP contribution >= 0.6 is 11.3 Å². The van der Waals surface area contributed by atoms with E-state index < -0.39 is 0 Å². The second-order valence-corrected chi connectivity index (χ2v) is 5.38. The van der Waals surface area contributed by atoms with Gasteiger partial charge >= 0.3 is 0 Å². The zero-order valence-electron chi connectivity index (χ0n) is 8.99. The van der Waals surface area contributed by atoms with Gasteiger partial charge in [-0.15, -0.1) is 11.3 Å². The van der Waals surface area contributed by atoms with Gasteiger partial charge in [0.2, 0.25) is 0 Å². The highest BCUT2D eigenvalue weighted by Gasteiger charge is 2.28. The van der Waals surface area contributed by atoms with Crippen LogP contribution in [0.4, 0.5) is 0 Å². The third-order valence-electron chi connectivity index (χ3n) is 3.51. The van der Waals surface area contributed by atoms with Gasteiger partial charge in [-0.1, -0.05) is 13.0 Å². The molecular formula is C12H19NS. The van der Waals surface area contributed by atoms with Crippen LogP contribution in [0.1, 0.15) is 37.0 Å². The van der Waals surface area contributed by atoms with Crippen LogP contribution in [-0.2, 0) is 0 Å². The Morgan fingerprint density at radius 1 is 1.43 bits per heavy atom. The summed E-state index contributed by atoms with van der Waals surface area (Å²) in [5, 5.41) is 5.62. The first kappa shape index (κ1) is 10.2. The fraction of sp³-hybridized carbons (Fsp3) is 0.667. The van der Waals surface area contributed by atoms with Gasteiger partial charge in [0.15, 0.2) is 0 Å². The Balaban J connectivity index is 2.09. The quantitative estimate of drug-likeness (QED) is 0.788. The van der Waals surface area contributed by atoms with Crippen molar-refractivity contribution in [2.45, 2.75) is 38.1 Å². The molecule has 1 aliphatic carbocycles. The molecule has 1 saturated carbocycles. The van der Waals surface area contributed by atoms with E-state index in [1.165, 1.54) is 19.3 Å². The summed E-state index contributed by atoms with van der Waals surface area (Å²) in [5.74, 6) is 1.65. The standard InChI is InChI=1S/C12H19NS/c1-9-5-6-10(13-2)8-11(9)12-4-3-7-14-12/h3-4,7,9-11,13H,5-6,8H2,1-2H3. The summed E-state index contributed by atoms with van der Waals surface area (Å²) in [7, 11) is 2.09. The second-order valence-electron chi connectivity index (χ2n) is 4.40. The number of thiophene rings is 1. The van der Waals surface area contributed by atoms with Gasteiger partial charge in [-0.05, 0) is 49.6 Å². The lowest BCUT2D eigenvalue weighted by molar-refractivity contribution is 0.280. The van der Waals surface area contributed by atoms with Crippen molar-refractivity contribution in [3.8, 4) is 0 Å². The van der Waals surface area contributed by atoms with Crippen molar-refractivity contribution in [3.05, 3.63) is 22.4 Å². The Kier molecular flexibility index (Phi) is 3.24. The van der Waals surface area contributed by atoms with Crippen LogP contribution in [0.5, 0.6) is 0 Å². The minimum absolute atomic E-state index is 0.735. The van der Waals surface area contributed by atoms with Gasteiger partial charge in [-0.3, -0.25) is 0 Å². The maximum Gasteiger partial charge on any atom is 0.00794 e. The van der Waals surface area contributed by atoms with E-state index in [0.29, 0.717) is 0 Å². The Hall–Kier alpha value is -0.340. The molecule has 3 atom stereocenters. The van der Waals surface area contributed by atoms with Gasteiger partial charge < -0.3 is 5.32 Å². The van der Waals surface area contributed by atoms with Crippen molar-refractivity contribution >= 4 is 11.3 Å². The SMILES string of the molecule is CNC1CCC(C)C(c2cccs2)C1. The molecule has 1 aliphatic rings. The van der Waals surface area contributed by atoms with Crippen LogP contribution in [0.2, 0.25) is 0 Å². The largest absolute Gasteiger partial charge is 0.317 e. The highest BCUT2D eigenvalue weighted by molar-refractivity contribution is 7.10. The summed E-state index contributed by atoms with van der Waals surface area (Å²) < 4.78 is 0. The van der Waals surface area contributed by atoms with Crippen LogP contribution in [0.3, 0.4) is 0 Å². The first-order valence-electron chi connectivity index (χ1n) is 5.52. The Morgan fingerprint density at radius 3 is 2.93 bits per heavy atom. The van der Waals surface area contributed by atoms with Crippen LogP contribution < -0.4 is 5.32 Å². The summed E-state index contributed by atoms with van der Waals surface area (Å²) in [6, 6.07) is 5.21. The summed E-state index contributed by atoms with van der Waals surface area (Å²) in [5.41, 5.74) is 0. The number of rotatable bonds is 2. The van der Waals surface area contributed by atoms with Crippen LogP contribution in [0.15, 0.2) is 17.5 Å².